The van der Waals surface area contributed by atoms with Crippen LogP contribution < -0.4 is 21.3 Å². The van der Waals surface area contributed by atoms with Gasteiger partial charge in [-0.25, -0.2) is 0 Å². The van der Waals surface area contributed by atoms with Gasteiger partial charge in [0.25, 0.3) is 0 Å². The van der Waals surface area contributed by atoms with E-state index in [1.807, 2.05) is 27.7 Å². The number of nitrogens with one attached hydrogen (secondary N) is 4. The number of hydrogen-bond acceptors (Lipinski definition) is 10. The van der Waals surface area contributed by atoms with Crippen LogP contribution >= 0.6 is 25.3 Å². The van der Waals surface area contributed by atoms with Crippen LogP contribution in [0.5, 0.6) is 0 Å². The first-order valence-electron chi connectivity index (χ1n) is 16.3. The van der Waals surface area contributed by atoms with Gasteiger partial charge >= 0.3 is 0 Å². The van der Waals surface area contributed by atoms with Gasteiger partial charge in [-0.05, 0) is 87.7 Å². The van der Waals surface area contributed by atoms with Gasteiger partial charge in [-0.15, -0.1) is 25.3 Å². The second-order valence-electron chi connectivity index (χ2n) is 13.4. The zero-order valence-electron chi connectivity index (χ0n) is 26.7. The fraction of sp³-hybridized carbons (Fsp3) is 0.588. The topological polar surface area (TPSA) is 97.6 Å². The van der Waals surface area contributed by atoms with Gasteiger partial charge in [0.2, 0.25) is 0 Å². The first-order valence-corrected chi connectivity index (χ1v) is 17.3. The van der Waals surface area contributed by atoms with E-state index < -0.39 is 11.3 Å². The lowest BCUT2D eigenvalue weighted by molar-refractivity contribution is 0.357. The molecule has 2 aliphatic rings. The zero-order chi connectivity index (χ0) is 31.2. The van der Waals surface area contributed by atoms with Gasteiger partial charge in [-0.1, -0.05) is 68.9 Å². The van der Waals surface area contributed by atoms with Crippen LogP contribution in [0.2, 0.25) is 0 Å². The van der Waals surface area contributed by atoms with Crippen LogP contribution in [0.4, 0.5) is 11.4 Å². The van der Waals surface area contributed by atoms with Crippen molar-refractivity contribution in [2.45, 2.75) is 126 Å². The Hall–Kier alpha value is -2.40. The predicted octanol–water partition coefficient (Wildman–Crippen LogP) is 9.46. The molecular formula is C34H50N8S2. The van der Waals surface area contributed by atoms with Gasteiger partial charge in [0, 0.05) is 16.8 Å². The number of thiol groups is 2. The maximum atomic E-state index is 4.81. The first kappa shape index (κ1) is 33.0. The minimum Gasteiger partial charge on any atom is -0.361 e. The van der Waals surface area contributed by atoms with Crippen molar-refractivity contribution in [3.63, 3.8) is 0 Å². The fourth-order valence-corrected chi connectivity index (χ4v) is 7.18. The molecule has 10 heteroatoms. The molecule has 2 aliphatic carbocycles. The average Bonchev–Trinajstić information content (AvgIpc) is 2.99. The number of anilines is 2. The van der Waals surface area contributed by atoms with Gasteiger partial charge in [-0.3, -0.25) is 10.6 Å². The van der Waals surface area contributed by atoms with Crippen molar-refractivity contribution in [3.05, 3.63) is 48.5 Å². The van der Waals surface area contributed by atoms with E-state index in [1.54, 1.807) is 0 Å². The third-order valence-corrected chi connectivity index (χ3v) is 9.06. The highest BCUT2D eigenvalue weighted by Crippen LogP contribution is 2.33. The molecule has 0 spiro atoms. The molecule has 5 rings (SSSR count). The Morgan fingerprint density at radius 3 is 1.77 bits per heavy atom. The minimum absolute atomic E-state index is 0.282. The molecule has 0 amide bonds. The molecule has 0 heterocycles. The van der Waals surface area contributed by atoms with Crippen LogP contribution in [0.1, 0.15) is 91.9 Å². The second kappa shape index (κ2) is 14.8. The Bertz CT molecular complexity index is 1440. The lowest BCUT2D eigenvalue weighted by atomic mass is 9.96. The molecule has 2 atom stereocenters. The highest BCUT2D eigenvalue weighted by molar-refractivity contribution is 7.81. The van der Waals surface area contributed by atoms with E-state index in [0.29, 0.717) is 12.1 Å². The number of rotatable bonds is 12. The Labute approximate surface area is 273 Å². The average molecular weight is 635 g/mol. The number of fused-ring (bicyclic) bond motifs is 3. The van der Waals surface area contributed by atoms with Crippen LogP contribution in [0, 0.1) is 0 Å². The molecular weight excluding hydrogens is 585 g/mol. The van der Waals surface area contributed by atoms with Crippen LogP contribution in [0.3, 0.4) is 0 Å². The molecule has 2 fully saturated rings. The molecule has 0 radical (unpaired) electrons. The van der Waals surface area contributed by atoms with Crippen molar-refractivity contribution in [2.75, 3.05) is 10.6 Å². The Morgan fingerprint density at radius 1 is 0.636 bits per heavy atom. The van der Waals surface area contributed by atoms with Gasteiger partial charge in [0.05, 0.1) is 12.1 Å². The molecule has 238 valence electrons. The zero-order valence-corrected chi connectivity index (χ0v) is 28.5. The summed E-state index contributed by atoms with van der Waals surface area (Å²) in [4.78, 5) is 0. The van der Waals surface area contributed by atoms with Crippen LogP contribution in [0.25, 0.3) is 21.5 Å². The van der Waals surface area contributed by atoms with E-state index in [9.17, 15) is 0 Å². The predicted molar refractivity (Wildman–Crippen MR) is 192 cm³/mol. The molecule has 4 N–H and O–H groups in total. The molecule has 3 aromatic rings. The van der Waals surface area contributed by atoms with E-state index in [-0.39, 0.29) is 11.0 Å². The standard InChI is InChI=1S/C34H50N8S2/c1-33(2,41-39-24-12-7-5-8-13-24)37-31(43)35-26-19-21-27-23(22-26)18-20-29-28(27)16-11-17-30(29)36-32(44)38-34(3,4)42-40-25-14-9-6-10-15-25/h11,16-22,24-25,31-32,35-38,43-44H,5-10,12-15H2,1-4H3. The number of benzene rings is 3. The molecule has 2 unspecified atom stereocenters. The van der Waals surface area contributed by atoms with Crippen molar-refractivity contribution in [3.8, 4) is 0 Å². The summed E-state index contributed by atoms with van der Waals surface area (Å²) >= 11 is 9.58. The molecule has 8 nitrogen and oxygen atoms in total. The van der Waals surface area contributed by atoms with Crippen molar-refractivity contribution < 1.29 is 0 Å². The number of hydrogen-bond donors (Lipinski definition) is 6. The van der Waals surface area contributed by atoms with E-state index >= 15 is 0 Å². The monoisotopic (exact) mass is 634 g/mol. The van der Waals surface area contributed by atoms with Crippen molar-refractivity contribution in [2.24, 2.45) is 20.5 Å². The molecule has 3 aromatic carbocycles. The summed E-state index contributed by atoms with van der Waals surface area (Å²) in [5, 5.41) is 37.1. The van der Waals surface area contributed by atoms with E-state index in [1.165, 1.54) is 49.3 Å². The van der Waals surface area contributed by atoms with Crippen molar-refractivity contribution in [1.82, 2.24) is 10.6 Å². The van der Waals surface area contributed by atoms with Crippen molar-refractivity contribution >= 4 is 58.2 Å². The van der Waals surface area contributed by atoms with E-state index in [4.69, 9.17) is 25.3 Å². The van der Waals surface area contributed by atoms with Crippen molar-refractivity contribution in [1.29, 1.82) is 0 Å². The highest BCUT2D eigenvalue weighted by atomic mass is 32.1. The number of nitrogens with zero attached hydrogens (tertiary/aromatic N) is 4. The lowest BCUT2D eigenvalue weighted by Gasteiger charge is -2.27. The second-order valence-corrected chi connectivity index (χ2v) is 14.5. The first-order chi connectivity index (χ1) is 21.1. The molecule has 0 aliphatic heterocycles. The van der Waals surface area contributed by atoms with Crippen LogP contribution in [-0.2, 0) is 0 Å². The fourth-order valence-electron chi connectivity index (χ4n) is 6.26. The third kappa shape index (κ3) is 9.31. The van der Waals surface area contributed by atoms with Crippen LogP contribution in [0.15, 0.2) is 69.0 Å². The van der Waals surface area contributed by atoms with E-state index in [0.717, 1.165) is 47.8 Å². The summed E-state index contributed by atoms with van der Waals surface area (Å²) in [6, 6.07) is 17.8. The van der Waals surface area contributed by atoms with Gasteiger partial charge in [0.1, 0.15) is 22.3 Å². The van der Waals surface area contributed by atoms with Gasteiger partial charge < -0.3 is 10.6 Å². The van der Waals surface area contributed by atoms with E-state index in [2.05, 4.69) is 90.3 Å². The third-order valence-electron chi connectivity index (χ3n) is 8.54. The largest absolute Gasteiger partial charge is 0.361 e. The number of azo groups is 2. The quantitative estimate of drug-likeness (QED) is 0.0518. The Balaban J connectivity index is 1.22. The summed E-state index contributed by atoms with van der Waals surface area (Å²) in [6.07, 6.45) is 12.2. The minimum atomic E-state index is -0.523. The van der Waals surface area contributed by atoms with Crippen LogP contribution in [-0.4, -0.2) is 34.4 Å². The SMILES string of the molecule is CC(C)(N=NC1CCCCC1)NC(S)Nc1ccc2c(ccc3c(NC(S)NC(C)(C)N=NC4CCCCC4)cccc32)c1. The Morgan fingerprint density at radius 2 is 1.18 bits per heavy atom. The summed E-state index contributed by atoms with van der Waals surface area (Å²) in [6.45, 7) is 8.16. The highest BCUT2D eigenvalue weighted by Gasteiger charge is 2.23. The summed E-state index contributed by atoms with van der Waals surface area (Å²) in [5.74, 6) is 0. The lowest BCUT2D eigenvalue weighted by Crippen LogP contribution is -2.45. The maximum Gasteiger partial charge on any atom is 0.128 e. The smallest absolute Gasteiger partial charge is 0.128 e. The molecule has 0 saturated heterocycles. The molecule has 0 bridgehead atoms. The summed E-state index contributed by atoms with van der Waals surface area (Å²) in [7, 11) is 0. The molecule has 2 saturated carbocycles. The molecule has 44 heavy (non-hydrogen) atoms. The van der Waals surface area contributed by atoms with Gasteiger partial charge in [-0.2, -0.15) is 20.5 Å². The van der Waals surface area contributed by atoms with Gasteiger partial charge in [0.15, 0.2) is 0 Å². The summed E-state index contributed by atoms with van der Waals surface area (Å²) < 4.78 is 0. The maximum absolute atomic E-state index is 4.81. The normalized spacial score (nSPS) is 19.2. The Kier molecular flexibility index (Phi) is 11.1. The summed E-state index contributed by atoms with van der Waals surface area (Å²) in [5.41, 5.74) is 0.390. The molecule has 0 aromatic heterocycles.